The van der Waals surface area contributed by atoms with Crippen LogP contribution >= 0.6 is 11.8 Å². The van der Waals surface area contributed by atoms with Gasteiger partial charge in [-0.25, -0.2) is 13.4 Å². The fourth-order valence-corrected chi connectivity index (χ4v) is 15.7. The maximum Gasteiger partial charge on any atom is 0.211 e. The minimum absolute atomic E-state index is 0.142. The van der Waals surface area contributed by atoms with Gasteiger partial charge in [0.1, 0.15) is 0 Å². The highest BCUT2D eigenvalue weighted by molar-refractivity contribution is 7.99. The first kappa shape index (κ1) is 110. The number of thioether (sulfide) groups is 1. The molecule has 11 aliphatic heterocycles. The third-order valence-corrected chi connectivity index (χ3v) is 24.2. The van der Waals surface area contributed by atoms with Gasteiger partial charge in [-0.05, 0) is 324 Å². The van der Waals surface area contributed by atoms with Crippen LogP contribution in [0.25, 0.3) is 0 Å². The monoisotopic (exact) mass is 1600 g/mol. The molecule has 110 heavy (non-hydrogen) atoms. The lowest BCUT2D eigenvalue weighted by molar-refractivity contribution is 0.0690. The number of likely N-dealkylation sites (tertiary alicyclic amines) is 4. The third-order valence-electron chi connectivity index (χ3n) is 21.9. The molecular formula is C89H196N16O3S2. The number of rotatable bonds is 1. The molecule has 4 N–H and O–H groups in total. The summed E-state index contributed by atoms with van der Waals surface area (Å²) in [5.74, 6) is 3.47. The highest BCUT2D eigenvalue weighted by Gasteiger charge is 2.32. The number of likely N-dealkylation sites (N-methyl/N-ethyl adjacent to an activating group) is 1. The lowest BCUT2D eigenvalue weighted by Gasteiger charge is -2.42. The molecule has 0 aromatic rings. The molecule has 0 bridgehead atoms. The van der Waals surface area contributed by atoms with Gasteiger partial charge < -0.3 is 25.6 Å². The molecule has 0 radical (unpaired) electrons. The molecule has 662 valence electrons. The molecule has 21 heteroatoms. The van der Waals surface area contributed by atoms with Crippen molar-refractivity contribution in [3.8, 4) is 0 Å². The number of piperidine rings is 2. The number of piperazine rings is 3. The van der Waals surface area contributed by atoms with Crippen LogP contribution in [0.1, 0.15) is 293 Å². The minimum Gasteiger partial charge on any atom is -0.379 e. The summed E-state index contributed by atoms with van der Waals surface area (Å²) < 4.78 is 29.1. The van der Waals surface area contributed by atoms with Gasteiger partial charge in [0.15, 0.2) is 0 Å². The van der Waals surface area contributed by atoms with E-state index in [1.165, 1.54) is 200 Å². The van der Waals surface area contributed by atoms with E-state index >= 15 is 0 Å². The highest BCUT2D eigenvalue weighted by atomic mass is 32.2. The summed E-state index contributed by atoms with van der Waals surface area (Å²) in [6.45, 7) is 110. The topological polar surface area (TPSA) is 130 Å². The van der Waals surface area contributed by atoms with Gasteiger partial charge in [-0.3, -0.25) is 49.5 Å². The molecule has 11 saturated heterocycles. The quantitative estimate of drug-likeness (QED) is 0.198. The number of nitrogens with zero attached hydrogens (tertiary/aromatic N) is 12. The zero-order chi connectivity index (χ0) is 84.7. The Balaban J connectivity index is 0.00000119. The molecule has 0 aromatic heterocycles. The van der Waals surface area contributed by atoms with Gasteiger partial charge in [0, 0.05) is 204 Å². The number of hydrazine groups is 1. The van der Waals surface area contributed by atoms with E-state index in [1.807, 2.05) is 0 Å². The summed E-state index contributed by atoms with van der Waals surface area (Å²) in [6, 6.07) is 0. The lowest BCUT2D eigenvalue weighted by atomic mass is 10.0. The molecular weight excluding hydrogens is 1410 g/mol. The van der Waals surface area contributed by atoms with Crippen LogP contribution in [0.5, 0.6) is 0 Å². The van der Waals surface area contributed by atoms with Crippen molar-refractivity contribution in [1.29, 1.82) is 0 Å². The Morgan fingerprint density at radius 2 is 0.564 bits per heavy atom. The second-order valence-corrected chi connectivity index (χ2v) is 46.3. The van der Waals surface area contributed by atoms with Crippen molar-refractivity contribution >= 4 is 21.8 Å². The Morgan fingerprint density at radius 3 is 0.764 bits per heavy atom. The Labute approximate surface area is 692 Å². The number of morpholine rings is 1. The summed E-state index contributed by atoms with van der Waals surface area (Å²) >= 11 is 2.07. The average molecular weight is 1600 g/mol. The summed E-state index contributed by atoms with van der Waals surface area (Å²) in [4.78, 5) is 25.0. The van der Waals surface area contributed by atoms with Crippen LogP contribution in [-0.2, 0) is 14.8 Å². The van der Waals surface area contributed by atoms with Crippen molar-refractivity contribution in [3.63, 3.8) is 0 Å². The van der Waals surface area contributed by atoms with Gasteiger partial charge in [0.2, 0.25) is 10.0 Å². The first-order chi connectivity index (χ1) is 50.3. The second-order valence-electron chi connectivity index (χ2n) is 43.0. The van der Waals surface area contributed by atoms with E-state index in [2.05, 4.69) is 323 Å². The fourth-order valence-electron chi connectivity index (χ4n) is 13.9. The van der Waals surface area contributed by atoms with Crippen molar-refractivity contribution in [3.05, 3.63) is 0 Å². The molecule has 0 unspecified atom stereocenters. The fraction of sp³-hybridized carbons (Fsp3) is 1.00. The number of sulfonamides is 1. The normalized spacial score (nSPS) is 22.6. The predicted octanol–water partition coefficient (Wildman–Crippen LogP) is 14.7. The largest absolute Gasteiger partial charge is 0.379 e. The Bertz CT molecular complexity index is 2120. The molecule has 11 rings (SSSR count). The number of hydrogen-bond acceptors (Lipinski definition) is 19. The van der Waals surface area contributed by atoms with E-state index < -0.39 is 10.0 Å². The molecule has 0 aliphatic carbocycles. The molecule has 11 heterocycles. The van der Waals surface area contributed by atoms with E-state index in [0.717, 1.165) is 78.2 Å². The summed E-state index contributed by atoms with van der Waals surface area (Å²) in [5.41, 5.74) is 6.89. The molecule has 0 spiro atoms. The third kappa shape index (κ3) is 53.9. The van der Waals surface area contributed by atoms with E-state index in [0.29, 0.717) is 62.9 Å². The standard InChI is InChI=1S/C9H20N2O2S.C9H20N2.2C9H19N.C8H18N2.C8H17NS.C8H17N.2C7H16N2.C7H15N.C4H9NO.C4H10/c1-9(2,3)10-5-7-11(8-6-10)14(4,12)13;1-9(2,3)11-7-5-10(4)6-8-11;2*1-9(2,3)10-7-5-4-6-8-10;1-8(2,3)10-6-4-9-5-7-10;1-8(2,3)9-4-6-10-7-5-9;1-8(2,3)9-6-4-5-7-9;1-7(2,3)9-5-4-8-6-9;1-7(2,3)9-6-4-5-8-9;1-7(2,3)8-5-4-6-8;1-3-6-4-2-5-1;1-4(2)3/h5-8H2,1-4H3;5-8H2,1-4H3;2*4-8H2,1-3H3;9H,4-7H2,1-3H3;4-7H2,1-3H3;4-7H2,1-3H3;2*8H,4-6H2,1-3H3;4-6H2,1-3H3;5H,1-4H2;4H,1-3H3. The van der Waals surface area contributed by atoms with Crippen molar-refractivity contribution in [1.82, 2.24) is 79.7 Å². The van der Waals surface area contributed by atoms with Crippen molar-refractivity contribution in [2.75, 3.05) is 228 Å². The smallest absolute Gasteiger partial charge is 0.211 e. The number of nitrogens with one attached hydrogen (secondary N) is 4. The summed E-state index contributed by atoms with van der Waals surface area (Å²) in [6.07, 6.45) is 15.2. The van der Waals surface area contributed by atoms with Crippen LogP contribution in [0, 0.1) is 5.92 Å². The Kier molecular flexibility index (Phi) is 53.1. The number of ether oxygens (including phenoxy) is 1. The zero-order valence-electron chi connectivity index (χ0n) is 80.4. The SMILES string of the molecule is C1COCCN1.CC(C)(C)N1CCC1.CC(C)(C)N1CCCC1.CC(C)(C)N1CCCCC1.CC(C)(C)N1CCCCC1.CC(C)(C)N1CCCN1.CC(C)(C)N1CCN(S(C)(=O)=O)CC1.CC(C)(C)N1CCNC1.CC(C)(C)N1CCNCC1.CC(C)(C)N1CCSCC1.CC(C)C.CN1CCN(C(C)(C)C)CC1. The van der Waals surface area contributed by atoms with Gasteiger partial charge in [-0.2, -0.15) is 16.1 Å². The Hall–Kier alpha value is -0.380. The zero-order valence-corrected chi connectivity index (χ0v) is 82.0. The van der Waals surface area contributed by atoms with E-state index in [1.54, 1.807) is 4.31 Å². The molecule has 0 saturated carbocycles. The molecule has 11 fully saturated rings. The molecule has 0 aromatic carbocycles. The van der Waals surface area contributed by atoms with Gasteiger partial charge in [-0.15, -0.1) is 0 Å². The maximum atomic E-state index is 11.3. The lowest BCUT2D eigenvalue weighted by Crippen LogP contribution is -2.54. The minimum atomic E-state index is -2.99. The van der Waals surface area contributed by atoms with Crippen molar-refractivity contribution < 1.29 is 13.2 Å². The predicted molar refractivity (Wildman–Crippen MR) is 489 cm³/mol. The van der Waals surface area contributed by atoms with Crippen LogP contribution < -0.4 is 21.4 Å². The number of hydrogen-bond donors (Lipinski definition) is 4. The van der Waals surface area contributed by atoms with Crippen LogP contribution in [0.3, 0.4) is 0 Å². The van der Waals surface area contributed by atoms with Crippen molar-refractivity contribution in [2.45, 2.75) is 348 Å². The maximum absolute atomic E-state index is 11.3. The van der Waals surface area contributed by atoms with Gasteiger partial charge in [-0.1, -0.05) is 33.6 Å². The van der Waals surface area contributed by atoms with E-state index in [4.69, 9.17) is 4.74 Å². The Morgan fingerprint density at radius 1 is 0.291 bits per heavy atom. The summed E-state index contributed by atoms with van der Waals surface area (Å²) in [7, 11) is -0.794. The van der Waals surface area contributed by atoms with Crippen LogP contribution in [0.2, 0.25) is 0 Å². The molecule has 0 amide bonds. The first-order valence-electron chi connectivity index (χ1n) is 44.5. The summed E-state index contributed by atoms with van der Waals surface area (Å²) in [5, 5.41) is 12.1. The molecule has 0 atom stereocenters. The second kappa shape index (κ2) is 53.3. The molecule has 19 nitrogen and oxygen atoms in total. The molecule has 11 aliphatic rings. The highest BCUT2D eigenvalue weighted by Crippen LogP contribution is 2.25. The van der Waals surface area contributed by atoms with Gasteiger partial charge in [0.25, 0.3) is 0 Å². The average Bonchev–Trinajstić information content (AvgIpc) is 1.09. The van der Waals surface area contributed by atoms with Crippen LogP contribution in [0.15, 0.2) is 0 Å². The van der Waals surface area contributed by atoms with Crippen LogP contribution in [0.4, 0.5) is 0 Å². The van der Waals surface area contributed by atoms with Crippen LogP contribution in [-0.4, -0.2) is 350 Å². The van der Waals surface area contributed by atoms with Crippen molar-refractivity contribution in [2.24, 2.45) is 5.92 Å². The van der Waals surface area contributed by atoms with E-state index in [-0.39, 0.29) is 5.54 Å². The van der Waals surface area contributed by atoms with E-state index in [9.17, 15) is 8.42 Å². The van der Waals surface area contributed by atoms with Gasteiger partial charge >= 0.3 is 0 Å². The van der Waals surface area contributed by atoms with Gasteiger partial charge in [0.05, 0.1) is 19.5 Å². The first-order valence-corrected chi connectivity index (χ1v) is 47.5.